The van der Waals surface area contributed by atoms with E-state index in [-0.39, 0.29) is 12.4 Å². The lowest BCUT2D eigenvalue weighted by atomic mass is 10.4. The highest BCUT2D eigenvalue weighted by Crippen LogP contribution is 2.11. The molecule has 0 aliphatic heterocycles. The molecule has 1 heterocycles. The van der Waals surface area contributed by atoms with Gasteiger partial charge in [0.2, 0.25) is 10.0 Å². The van der Waals surface area contributed by atoms with Crippen molar-refractivity contribution in [3.05, 3.63) is 22.9 Å². The number of rotatable bonds is 5. The zero-order valence-corrected chi connectivity index (χ0v) is 10.5. The Morgan fingerprint density at radius 3 is 2.80 bits per heavy atom. The fourth-order valence-electron chi connectivity index (χ4n) is 0.860. The molecule has 1 N–H and O–H groups in total. The first-order valence-electron chi connectivity index (χ1n) is 4.14. The lowest BCUT2D eigenvalue weighted by Crippen LogP contribution is -2.19. The molecule has 0 atom stereocenters. The summed E-state index contributed by atoms with van der Waals surface area (Å²) in [5, 5.41) is 0. The summed E-state index contributed by atoms with van der Waals surface area (Å²) in [7, 11) is -1.88. The molecule has 0 spiro atoms. The van der Waals surface area contributed by atoms with E-state index in [0.29, 0.717) is 10.3 Å². The van der Waals surface area contributed by atoms with Crippen LogP contribution >= 0.6 is 15.9 Å². The second-order valence-corrected chi connectivity index (χ2v) is 5.44. The molecule has 0 saturated carbocycles. The molecule has 0 unspecified atom stereocenters. The first-order chi connectivity index (χ1) is 7.03. The van der Waals surface area contributed by atoms with Gasteiger partial charge in [0.15, 0.2) is 0 Å². The first-order valence-corrected chi connectivity index (χ1v) is 6.59. The predicted molar refractivity (Wildman–Crippen MR) is 61.2 cm³/mol. The summed E-state index contributed by atoms with van der Waals surface area (Å²) in [5.41, 5.74) is 0.439. The van der Waals surface area contributed by atoms with Crippen LogP contribution in [-0.2, 0) is 14.8 Å². The molecular formula is C8H11BrN2O3S. The Bertz CT molecular complexity index is 404. The van der Waals surface area contributed by atoms with Gasteiger partial charge in [0.25, 0.3) is 0 Å². The molecule has 0 bridgehead atoms. The van der Waals surface area contributed by atoms with E-state index in [4.69, 9.17) is 4.74 Å². The number of methoxy groups -OCH3 is 1. The van der Waals surface area contributed by atoms with E-state index in [0.717, 1.165) is 0 Å². The van der Waals surface area contributed by atoms with E-state index in [1.54, 1.807) is 12.1 Å². The third kappa shape index (κ3) is 4.59. The summed E-state index contributed by atoms with van der Waals surface area (Å²) in [6, 6.07) is 3.29. The number of sulfonamides is 1. The van der Waals surface area contributed by atoms with Gasteiger partial charge in [-0.1, -0.05) is 0 Å². The van der Waals surface area contributed by atoms with Crippen molar-refractivity contribution >= 4 is 31.6 Å². The third-order valence-corrected chi connectivity index (χ3v) is 3.28. The molecule has 84 valence electrons. The highest BCUT2D eigenvalue weighted by Gasteiger charge is 2.09. The number of hydrogen-bond donors (Lipinski definition) is 1. The van der Waals surface area contributed by atoms with Crippen LogP contribution < -0.4 is 4.72 Å². The highest BCUT2D eigenvalue weighted by atomic mass is 79.9. The number of aromatic nitrogens is 1. The SMILES string of the molecule is COCCS(=O)(=O)Nc1ccc(Br)nc1. The van der Waals surface area contributed by atoms with Gasteiger partial charge in [-0.3, -0.25) is 4.72 Å². The van der Waals surface area contributed by atoms with Gasteiger partial charge in [-0.25, -0.2) is 13.4 Å². The highest BCUT2D eigenvalue weighted by molar-refractivity contribution is 9.10. The molecule has 0 aliphatic rings. The molecule has 0 aromatic carbocycles. The molecule has 0 amide bonds. The molecule has 1 aromatic rings. The van der Waals surface area contributed by atoms with Crippen molar-refractivity contribution in [2.24, 2.45) is 0 Å². The molecule has 7 heteroatoms. The van der Waals surface area contributed by atoms with Crippen molar-refractivity contribution < 1.29 is 13.2 Å². The average molecular weight is 295 g/mol. The molecule has 0 aliphatic carbocycles. The van der Waals surface area contributed by atoms with Gasteiger partial charge in [0, 0.05) is 7.11 Å². The van der Waals surface area contributed by atoms with Crippen molar-refractivity contribution in [1.82, 2.24) is 4.98 Å². The Labute approximate surface area is 97.0 Å². The Morgan fingerprint density at radius 1 is 1.53 bits per heavy atom. The Hall–Kier alpha value is -0.660. The zero-order valence-electron chi connectivity index (χ0n) is 8.10. The summed E-state index contributed by atoms with van der Waals surface area (Å²) in [4.78, 5) is 3.90. The summed E-state index contributed by atoms with van der Waals surface area (Å²) in [6.45, 7) is 0.166. The largest absolute Gasteiger partial charge is 0.384 e. The van der Waals surface area contributed by atoms with Crippen LogP contribution in [0, 0.1) is 0 Å². The van der Waals surface area contributed by atoms with Gasteiger partial charge in [-0.05, 0) is 28.1 Å². The number of anilines is 1. The van der Waals surface area contributed by atoms with Gasteiger partial charge in [-0.2, -0.15) is 0 Å². The van der Waals surface area contributed by atoms with Crippen LogP contribution in [0.3, 0.4) is 0 Å². The smallest absolute Gasteiger partial charge is 0.235 e. The molecule has 0 radical (unpaired) electrons. The maximum absolute atomic E-state index is 11.4. The molecule has 15 heavy (non-hydrogen) atoms. The minimum atomic E-state index is -3.34. The van der Waals surface area contributed by atoms with E-state index >= 15 is 0 Å². The number of ether oxygens (including phenoxy) is 1. The lowest BCUT2D eigenvalue weighted by Gasteiger charge is -2.06. The number of nitrogens with one attached hydrogen (secondary N) is 1. The monoisotopic (exact) mass is 294 g/mol. The zero-order chi connectivity index (χ0) is 11.3. The minimum absolute atomic E-state index is 0.0699. The second kappa shape index (κ2) is 5.43. The maximum atomic E-state index is 11.4. The molecule has 5 nitrogen and oxygen atoms in total. The molecule has 1 rings (SSSR count). The fraction of sp³-hybridized carbons (Fsp3) is 0.375. The van der Waals surface area contributed by atoms with Crippen molar-refractivity contribution in [3.8, 4) is 0 Å². The Kier molecular flexibility index (Phi) is 4.49. The predicted octanol–water partition coefficient (Wildman–Crippen LogP) is 1.23. The normalized spacial score (nSPS) is 11.3. The van der Waals surface area contributed by atoms with Crippen LogP contribution in [0.1, 0.15) is 0 Å². The van der Waals surface area contributed by atoms with Crippen molar-refractivity contribution in [2.45, 2.75) is 0 Å². The minimum Gasteiger partial charge on any atom is -0.384 e. The summed E-state index contributed by atoms with van der Waals surface area (Å²) < 4.78 is 30.6. The van der Waals surface area contributed by atoms with E-state index in [9.17, 15) is 8.42 Å². The van der Waals surface area contributed by atoms with Crippen molar-refractivity contribution in [2.75, 3.05) is 24.2 Å². The van der Waals surface area contributed by atoms with Gasteiger partial charge >= 0.3 is 0 Å². The number of pyridine rings is 1. The van der Waals surface area contributed by atoms with E-state index in [2.05, 4.69) is 25.6 Å². The van der Waals surface area contributed by atoms with Gasteiger partial charge < -0.3 is 4.74 Å². The summed E-state index contributed by atoms with van der Waals surface area (Å²) in [6.07, 6.45) is 1.44. The van der Waals surface area contributed by atoms with E-state index in [1.165, 1.54) is 13.3 Å². The van der Waals surface area contributed by atoms with E-state index in [1.807, 2.05) is 0 Å². The topological polar surface area (TPSA) is 68.3 Å². The van der Waals surface area contributed by atoms with Crippen molar-refractivity contribution in [1.29, 1.82) is 0 Å². The average Bonchev–Trinajstić information content (AvgIpc) is 2.18. The maximum Gasteiger partial charge on any atom is 0.235 e. The number of nitrogens with zero attached hydrogens (tertiary/aromatic N) is 1. The fourth-order valence-corrected chi connectivity index (χ4v) is 2.06. The molecule has 0 fully saturated rings. The quantitative estimate of drug-likeness (QED) is 0.830. The summed E-state index contributed by atoms with van der Waals surface area (Å²) in [5.74, 6) is -0.0699. The van der Waals surface area contributed by atoms with Gasteiger partial charge in [-0.15, -0.1) is 0 Å². The van der Waals surface area contributed by atoms with Crippen LogP contribution in [0.5, 0.6) is 0 Å². The molecule has 1 aromatic heterocycles. The standard InChI is InChI=1S/C8H11BrN2O3S/c1-14-4-5-15(12,13)11-7-2-3-8(9)10-6-7/h2-3,6,11H,4-5H2,1H3. The van der Waals surface area contributed by atoms with Crippen molar-refractivity contribution in [3.63, 3.8) is 0 Å². The van der Waals surface area contributed by atoms with Crippen LogP contribution in [0.4, 0.5) is 5.69 Å². The second-order valence-electron chi connectivity index (χ2n) is 2.78. The Balaban J connectivity index is 2.65. The third-order valence-electron chi connectivity index (χ3n) is 1.56. The number of hydrogen-bond acceptors (Lipinski definition) is 4. The molecule has 0 saturated heterocycles. The first kappa shape index (κ1) is 12.4. The van der Waals surface area contributed by atoms with Gasteiger partial charge in [0.1, 0.15) is 4.60 Å². The number of halogens is 1. The lowest BCUT2D eigenvalue weighted by molar-refractivity contribution is 0.217. The summed E-state index contributed by atoms with van der Waals surface area (Å²) >= 11 is 3.16. The van der Waals surface area contributed by atoms with Crippen LogP contribution in [0.15, 0.2) is 22.9 Å². The van der Waals surface area contributed by atoms with Crippen LogP contribution in [0.2, 0.25) is 0 Å². The van der Waals surface area contributed by atoms with Crippen LogP contribution in [-0.4, -0.2) is 32.9 Å². The van der Waals surface area contributed by atoms with E-state index < -0.39 is 10.0 Å². The molecular weight excluding hydrogens is 284 g/mol. The van der Waals surface area contributed by atoms with Gasteiger partial charge in [0.05, 0.1) is 24.2 Å². The van der Waals surface area contributed by atoms with Crippen LogP contribution in [0.25, 0.3) is 0 Å². The Morgan fingerprint density at radius 2 is 2.27 bits per heavy atom.